The minimum Gasteiger partial charge on any atom is -0.303 e. The lowest BCUT2D eigenvalue weighted by atomic mass is 10.3. The summed E-state index contributed by atoms with van der Waals surface area (Å²) in [6, 6.07) is 0. The Morgan fingerprint density at radius 2 is 2.50 bits per heavy atom. The highest BCUT2D eigenvalue weighted by Crippen LogP contribution is 1.89. The SMILES string of the molecule is O=CCCCn1ccnn1. The van der Waals surface area contributed by atoms with Crippen LogP contribution in [-0.4, -0.2) is 21.3 Å². The molecule has 10 heavy (non-hydrogen) atoms. The number of unbranched alkanes of at least 4 members (excludes halogenated alkanes) is 1. The van der Waals surface area contributed by atoms with Gasteiger partial charge in [0.15, 0.2) is 0 Å². The second-order valence-electron chi connectivity index (χ2n) is 1.98. The van der Waals surface area contributed by atoms with Crippen molar-refractivity contribution in [1.82, 2.24) is 15.0 Å². The van der Waals surface area contributed by atoms with Crippen LogP contribution in [0.3, 0.4) is 0 Å². The Kier molecular flexibility index (Phi) is 2.61. The topological polar surface area (TPSA) is 47.8 Å². The van der Waals surface area contributed by atoms with Gasteiger partial charge in [0.05, 0.1) is 6.20 Å². The highest BCUT2D eigenvalue weighted by atomic mass is 16.1. The zero-order valence-electron chi connectivity index (χ0n) is 5.60. The fourth-order valence-corrected chi connectivity index (χ4v) is 0.689. The lowest BCUT2D eigenvalue weighted by Gasteiger charge is -1.93. The summed E-state index contributed by atoms with van der Waals surface area (Å²) in [5.41, 5.74) is 0. The largest absolute Gasteiger partial charge is 0.303 e. The molecule has 0 bridgehead atoms. The molecule has 1 aromatic rings. The standard InChI is InChI=1S/C6H9N3O/c10-6-2-1-4-9-5-3-7-8-9/h3,5-6H,1-2,4H2. The predicted molar refractivity (Wildman–Crippen MR) is 35.3 cm³/mol. The molecule has 0 unspecified atom stereocenters. The van der Waals surface area contributed by atoms with Crippen LogP contribution >= 0.6 is 0 Å². The van der Waals surface area contributed by atoms with Crippen molar-refractivity contribution in [2.45, 2.75) is 19.4 Å². The van der Waals surface area contributed by atoms with Crippen molar-refractivity contribution in [2.75, 3.05) is 0 Å². The monoisotopic (exact) mass is 139 g/mol. The number of carbonyl (C=O) groups excluding carboxylic acids is 1. The van der Waals surface area contributed by atoms with Gasteiger partial charge in [0.1, 0.15) is 6.29 Å². The Balaban J connectivity index is 2.21. The number of aryl methyl sites for hydroxylation is 1. The molecule has 0 radical (unpaired) electrons. The molecule has 0 saturated carbocycles. The minimum atomic E-state index is 0.597. The van der Waals surface area contributed by atoms with E-state index >= 15 is 0 Å². The van der Waals surface area contributed by atoms with Crippen LogP contribution in [0.5, 0.6) is 0 Å². The van der Waals surface area contributed by atoms with E-state index in [-0.39, 0.29) is 0 Å². The average Bonchev–Trinajstić information content (AvgIpc) is 2.41. The highest BCUT2D eigenvalue weighted by molar-refractivity contribution is 5.48. The summed E-state index contributed by atoms with van der Waals surface area (Å²) in [5.74, 6) is 0. The third kappa shape index (κ3) is 1.97. The maximum Gasteiger partial charge on any atom is 0.120 e. The van der Waals surface area contributed by atoms with Crippen LogP contribution in [0.25, 0.3) is 0 Å². The summed E-state index contributed by atoms with van der Waals surface area (Å²) in [5, 5.41) is 7.36. The summed E-state index contributed by atoms with van der Waals surface area (Å²) in [4.78, 5) is 9.89. The van der Waals surface area contributed by atoms with Crippen LogP contribution in [0.15, 0.2) is 12.4 Å². The van der Waals surface area contributed by atoms with E-state index in [0.717, 1.165) is 19.3 Å². The van der Waals surface area contributed by atoms with Gasteiger partial charge >= 0.3 is 0 Å². The number of aldehydes is 1. The van der Waals surface area contributed by atoms with Crippen LogP contribution in [-0.2, 0) is 11.3 Å². The number of hydrogen-bond acceptors (Lipinski definition) is 3. The first-order chi connectivity index (χ1) is 4.93. The number of aromatic nitrogens is 3. The molecule has 0 aliphatic carbocycles. The molecule has 0 aliphatic heterocycles. The lowest BCUT2D eigenvalue weighted by Crippen LogP contribution is -1.98. The maximum absolute atomic E-state index is 9.89. The number of carbonyl (C=O) groups is 1. The third-order valence-corrected chi connectivity index (χ3v) is 1.18. The van der Waals surface area contributed by atoms with Gasteiger partial charge in [0.2, 0.25) is 0 Å². The molecule has 0 aliphatic rings. The molecular formula is C6H9N3O. The third-order valence-electron chi connectivity index (χ3n) is 1.18. The second-order valence-corrected chi connectivity index (χ2v) is 1.98. The molecule has 0 fully saturated rings. The van der Waals surface area contributed by atoms with Crippen molar-refractivity contribution in [3.05, 3.63) is 12.4 Å². The smallest absolute Gasteiger partial charge is 0.120 e. The Morgan fingerprint density at radius 1 is 1.60 bits per heavy atom. The van der Waals surface area contributed by atoms with Gasteiger partial charge in [-0.15, -0.1) is 5.10 Å². The van der Waals surface area contributed by atoms with Crippen LogP contribution in [0, 0.1) is 0 Å². The Morgan fingerprint density at radius 3 is 3.10 bits per heavy atom. The summed E-state index contributed by atoms with van der Waals surface area (Å²) < 4.78 is 1.71. The van der Waals surface area contributed by atoms with Crippen LogP contribution in [0.2, 0.25) is 0 Å². The molecule has 0 spiro atoms. The number of rotatable bonds is 4. The van der Waals surface area contributed by atoms with Gasteiger partial charge in [0, 0.05) is 19.2 Å². The zero-order valence-corrected chi connectivity index (χ0v) is 5.60. The van der Waals surface area contributed by atoms with E-state index in [1.807, 2.05) is 0 Å². The van der Waals surface area contributed by atoms with Gasteiger partial charge in [-0.2, -0.15) is 0 Å². The Bertz CT molecular complexity index is 183. The molecule has 1 aromatic heterocycles. The molecule has 0 atom stereocenters. The molecule has 4 nitrogen and oxygen atoms in total. The van der Waals surface area contributed by atoms with Gasteiger partial charge in [-0.25, -0.2) is 0 Å². The normalized spacial score (nSPS) is 9.60. The average molecular weight is 139 g/mol. The lowest BCUT2D eigenvalue weighted by molar-refractivity contribution is -0.107. The van der Waals surface area contributed by atoms with E-state index in [4.69, 9.17) is 0 Å². The molecule has 0 amide bonds. The molecule has 0 aromatic carbocycles. The predicted octanol–water partition coefficient (Wildman–Crippen LogP) is 0.257. The van der Waals surface area contributed by atoms with Gasteiger partial charge in [0.25, 0.3) is 0 Å². The quantitative estimate of drug-likeness (QED) is 0.444. The summed E-state index contributed by atoms with van der Waals surface area (Å²) in [6.07, 6.45) is 5.76. The first-order valence-electron chi connectivity index (χ1n) is 3.21. The molecule has 54 valence electrons. The maximum atomic E-state index is 9.89. The van der Waals surface area contributed by atoms with Crippen molar-refractivity contribution < 1.29 is 4.79 Å². The molecule has 0 N–H and O–H groups in total. The fraction of sp³-hybridized carbons (Fsp3) is 0.500. The Hall–Kier alpha value is -1.19. The van der Waals surface area contributed by atoms with E-state index in [0.29, 0.717) is 6.42 Å². The highest BCUT2D eigenvalue weighted by Gasteiger charge is 1.89. The summed E-state index contributed by atoms with van der Waals surface area (Å²) >= 11 is 0. The van der Waals surface area contributed by atoms with Gasteiger partial charge in [-0.1, -0.05) is 5.21 Å². The van der Waals surface area contributed by atoms with E-state index in [9.17, 15) is 4.79 Å². The zero-order chi connectivity index (χ0) is 7.23. The van der Waals surface area contributed by atoms with Crippen LogP contribution in [0.4, 0.5) is 0 Å². The molecule has 0 saturated heterocycles. The van der Waals surface area contributed by atoms with E-state index in [2.05, 4.69) is 10.3 Å². The van der Waals surface area contributed by atoms with E-state index in [1.165, 1.54) is 0 Å². The first kappa shape index (κ1) is 6.92. The van der Waals surface area contributed by atoms with Crippen molar-refractivity contribution in [3.8, 4) is 0 Å². The first-order valence-corrected chi connectivity index (χ1v) is 3.21. The number of hydrogen-bond donors (Lipinski definition) is 0. The van der Waals surface area contributed by atoms with Gasteiger partial charge in [-0.05, 0) is 6.42 Å². The van der Waals surface area contributed by atoms with E-state index in [1.54, 1.807) is 17.1 Å². The molecule has 1 rings (SSSR count). The second kappa shape index (κ2) is 3.76. The van der Waals surface area contributed by atoms with Crippen molar-refractivity contribution in [3.63, 3.8) is 0 Å². The van der Waals surface area contributed by atoms with Gasteiger partial charge < -0.3 is 4.79 Å². The molecule has 1 heterocycles. The van der Waals surface area contributed by atoms with E-state index < -0.39 is 0 Å². The summed E-state index contributed by atoms with van der Waals surface area (Å²) in [6.45, 7) is 0.777. The van der Waals surface area contributed by atoms with Crippen LogP contribution < -0.4 is 0 Å². The fourth-order valence-electron chi connectivity index (χ4n) is 0.689. The van der Waals surface area contributed by atoms with Crippen LogP contribution in [0.1, 0.15) is 12.8 Å². The van der Waals surface area contributed by atoms with Gasteiger partial charge in [-0.3, -0.25) is 4.68 Å². The van der Waals surface area contributed by atoms with Crippen molar-refractivity contribution >= 4 is 6.29 Å². The van der Waals surface area contributed by atoms with Crippen molar-refractivity contribution in [1.29, 1.82) is 0 Å². The Labute approximate surface area is 58.8 Å². The van der Waals surface area contributed by atoms with Crippen molar-refractivity contribution in [2.24, 2.45) is 0 Å². The molecule has 4 heteroatoms. The number of nitrogens with zero attached hydrogens (tertiary/aromatic N) is 3. The summed E-state index contributed by atoms with van der Waals surface area (Å²) in [7, 11) is 0. The minimum absolute atomic E-state index is 0.597. The molecular weight excluding hydrogens is 130 g/mol.